The zero-order valence-electron chi connectivity index (χ0n) is 10.7. The minimum Gasteiger partial charge on any atom is -0.377 e. The molecule has 0 radical (unpaired) electrons. The molecule has 0 unspecified atom stereocenters. The van der Waals surface area contributed by atoms with Crippen molar-refractivity contribution in [1.82, 2.24) is 10.2 Å². The molecule has 1 fully saturated rings. The second-order valence-electron chi connectivity index (χ2n) is 4.45. The summed E-state index contributed by atoms with van der Waals surface area (Å²) in [5.74, 6) is 0.640. The second kappa shape index (κ2) is 6.51. The summed E-state index contributed by atoms with van der Waals surface area (Å²) in [5, 5.41) is 11.9. The molecule has 0 aliphatic carbocycles. The topological polar surface area (TPSA) is 47.0 Å². The third-order valence-electron chi connectivity index (χ3n) is 2.90. The lowest BCUT2D eigenvalue weighted by Gasteiger charge is -2.05. The van der Waals surface area contributed by atoms with E-state index in [1.165, 1.54) is 23.5 Å². The van der Waals surface area contributed by atoms with E-state index < -0.39 is 0 Å². The molecule has 1 saturated heterocycles. The fraction of sp³-hybridized carbons (Fsp3) is 0.385. The van der Waals surface area contributed by atoms with Crippen LogP contribution in [0.4, 0.5) is 15.2 Å². The predicted molar refractivity (Wildman–Crippen MR) is 79.3 cm³/mol. The highest BCUT2D eigenvalue weighted by molar-refractivity contribution is 8.01. The minimum atomic E-state index is -0.271. The lowest BCUT2D eigenvalue weighted by molar-refractivity contribution is 0.129. The Morgan fingerprint density at radius 1 is 1.45 bits per heavy atom. The first kappa shape index (κ1) is 13.8. The lowest BCUT2D eigenvalue weighted by Crippen LogP contribution is -2.07. The van der Waals surface area contributed by atoms with Crippen LogP contribution in [0.5, 0.6) is 0 Å². The van der Waals surface area contributed by atoms with E-state index in [-0.39, 0.29) is 5.82 Å². The van der Waals surface area contributed by atoms with E-state index in [1.54, 1.807) is 23.9 Å². The Balaban J connectivity index is 1.56. The number of thioether (sulfide) groups is 1. The largest absolute Gasteiger partial charge is 0.377 e. The molecule has 1 aromatic heterocycles. The van der Waals surface area contributed by atoms with E-state index in [0.717, 1.165) is 29.5 Å². The molecule has 7 heteroatoms. The molecule has 4 nitrogen and oxygen atoms in total. The summed E-state index contributed by atoms with van der Waals surface area (Å²) in [4.78, 5) is 0. The minimum absolute atomic E-state index is 0.271. The first-order valence-corrected chi connectivity index (χ1v) is 8.20. The first-order valence-electron chi connectivity index (χ1n) is 6.40. The first-order chi connectivity index (χ1) is 9.79. The maximum atomic E-state index is 13.1. The summed E-state index contributed by atoms with van der Waals surface area (Å²) in [5.41, 5.74) is 0.678. The Kier molecular flexibility index (Phi) is 4.49. The van der Waals surface area contributed by atoms with E-state index >= 15 is 0 Å². The van der Waals surface area contributed by atoms with Gasteiger partial charge in [0.2, 0.25) is 5.13 Å². The van der Waals surface area contributed by atoms with Crippen molar-refractivity contribution >= 4 is 33.9 Å². The monoisotopic (exact) mass is 311 g/mol. The summed E-state index contributed by atoms with van der Waals surface area (Å²) in [6.07, 6.45) is 2.61. The zero-order chi connectivity index (χ0) is 13.8. The van der Waals surface area contributed by atoms with Crippen LogP contribution in [-0.2, 0) is 4.74 Å². The fourth-order valence-corrected chi connectivity index (χ4v) is 3.81. The maximum Gasteiger partial charge on any atom is 0.210 e. The molecule has 1 N–H and O–H groups in total. The van der Waals surface area contributed by atoms with Crippen LogP contribution >= 0.6 is 23.1 Å². The summed E-state index contributed by atoms with van der Waals surface area (Å²) in [6.45, 7) is 0.869. The summed E-state index contributed by atoms with van der Waals surface area (Å²) >= 11 is 3.13. The van der Waals surface area contributed by atoms with Gasteiger partial charge in [0.15, 0.2) is 4.34 Å². The highest BCUT2D eigenvalue weighted by Crippen LogP contribution is 2.29. The van der Waals surface area contributed by atoms with Crippen LogP contribution in [0.2, 0.25) is 0 Å². The van der Waals surface area contributed by atoms with E-state index in [1.807, 2.05) is 0 Å². The van der Waals surface area contributed by atoms with Gasteiger partial charge in [-0.15, -0.1) is 10.2 Å². The van der Waals surface area contributed by atoms with Crippen LogP contribution in [0, 0.1) is 5.82 Å². The smallest absolute Gasteiger partial charge is 0.210 e. The van der Waals surface area contributed by atoms with Crippen LogP contribution in [0.3, 0.4) is 0 Å². The number of rotatable bonds is 5. The Labute approximate surface area is 124 Å². The molecule has 106 valence electrons. The van der Waals surface area contributed by atoms with Crippen molar-refractivity contribution in [3.63, 3.8) is 0 Å². The molecule has 2 heterocycles. The molecule has 0 amide bonds. The van der Waals surface area contributed by atoms with Gasteiger partial charge in [-0.25, -0.2) is 4.39 Å². The zero-order valence-corrected chi connectivity index (χ0v) is 12.3. The number of nitrogens with zero attached hydrogens (tertiary/aromatic N) is 2. The number of aromatic nitrogens is 2. The van der Waals surface area contributed by atoms with Crippen molar-refractivity contribution < 1.29 is 9.13 Å². The van der Waals surface area contributed by atoms with Gasteiger partial charge in [-0.3, -0.25) is 0 Å². The van der Waals surface area contributed by atoms with Gasteiger partial charge < -0.3 is 10.1 Å². The average Bonchev–Trinajstić information content (AvgIpc) is 3.07. The molecule has 0 saturated carbocycles. The number of nitrogens with one attached hydrogen (secondary N) is 1. The van der Waals surface area contributed by atoms with E-state index in [2.05, 4.69) is 15.5 Å². The van der Waals surface area contributed by atoms with Gasteiger partial charge in [-0.2, -0.15) is 0 Å². The van der Waals surface area contributed by atoms with Gasteiger partial charge in [-0.1, -0.05) is 29.2 Å². The Morgan fingerprint density at radius 3 is 3.20 bits per heavy atom. The predicted octanol–water partition coefficient (Wildman–Crippen LogP) is 3.69. The molecular weight excluding hydrogens is 297 g/mol. The van der Waals surface area contributed by atoms with Crippen LogP contribution in [0.1, 0.15) is 12.8 Å². The van der Waals surface area contributed by atoms with Crippen molar-refractivity contribution in [2.24, 2.45) is 0 Å². The highest BCUT2D eigenvalue weighted by Gasteiger charge is 2.16. The third-order valence-corrected chi connectivity index (χ3v) is 5.00. The van der Waals surface area contributed by atoms with Gasteiger partial charge >= 0.3 is 0 Å². The fourth-order valence-electron chi connectivity index (χ4n) is 1.95. The van der Waals surface area contributed by atoms with Crippen molar-refractivity contribution in [2.45, 2.75) is 23.3 Å². The van der Waals surface area contributed by atoms with E-state index in [9.17, 15) is 4.39 Å². The van der Waals surface area contributed by atoms with Crippen molar-refractivity contribution in [1.29, 1.82) is 0 Å². The SMILES string of the molecule is Fc1cccc(Nc2nnc(SC[C@H]3CCCO3)s2)c1. The number of ether oxygens (including phenoxy) is 1. The number of anilines is 2. The normalized spacial score (nSPS) is 18.4. The molecule has 20 heavy (non-hydrogen) atoms. The summed E-state index contributed by atoms with van der Waals surface area (Å²) < 4.78 is 19.5. The second-order valence-corrected chi connectivity index (χ2v) is 6.70. The Bertz CT molecular complexity index is 572. The molecule has 1 atom stereocenters. The average molecular weight is 311 g/mol. The van der Waals surface area contributed by atoms with E-state index in [4.69, 9.17) is 4.74 Å². The summed E-state index contributed by atoms with van der Waals surface area (Å²) in [6, 6.07) is 6.30. The van der Waals surface area contributed by atoms with Crippen LogP contribution in [0.15, 0.2) is 28.6 Å². The molecule has 1 aliphatic heterocycles. The van der Waals surface area contributed by atoms with Gasteiger partial charge in [0.1, 0.15) is 5.82 Å². The van der Waals surface area contributed by atoms with Crippen molar-refractivity contribution in [3.8, 4) is 0 Å². The number of halogens is 1. The lowest BCUT2D eigenvalue weighted by atomic mass is 10.3. The highest BCUT2D eigenvalue weighted by atomic mass is 32.2. The van der Waals surface area contributed by atoms with Gasteiger partial charge in [0.25, 0.3) is 0 Å². The molecular formula is C13H14FN3OS2. The molecule has 0 spiro atoms. The molecule has 1 aromatic carbocycles. The van der Waals surface area contributed by atoms with Crippen LogP contribution < -0.4 is 5.32 Å². The van der Waals surface area contributed by atoms with Crippen LogP contribution in [-0.4, -0.2) is 28.7 Å². The summed E-state index contributed by atoms with van der Waals surface area (Å²) in [7, 11) is 0. The Morgan fingerprint density at radius 2 is 2.40 bits per heavy atom. The number of benzene rings is 1. The van der Waals surface area contributed by atoms with Crippen molar-refractivity contribution in [3.05, 3.63) is 30.1 Å². The molecule has 2 aromatic rings. The van der Waals surface area contributed by atoms with Gasteiger partial charge in [0, 0.05) is 18.0 Å². The Hall–Kier alpha value is -1.18. The molecule has 0 bridgehead atoms. The molecule has 3 rings (SSSR count). The quantitative estimate of drug-likeness (QED) is 0.853. The molecule has 1 aliphatic rings. The van der Waals surface area contributed by atoms with Gasteiger partial charge in [-0.05, 0) is 31.0 Å². The van der Waals surface area contributed by atoms with Crippen LogP contribution in [0.25, 0.3) is 0 Å². The van der Waals surface area contributed by atoms with Crippen molar-refractivity contribution in [2.75, 3.05) is 17.7 Å². The number of hydrogen-bond acceptors (Lipinski definition) is 6. The van der Waals surface area contributed by atoms with E-state index in [0.29, 0.717) is 16.9 Å². The number of hydrogen-bond donors (Lipinski definition) is 1. The third kappa shape index (κ3) is 3.68. The standard InChI is InChI=1S/C13H14FN3OS2/c14-9-3-1-4-10(7-9)15-12-16-17-13(20-12)19-8-11-5-2-6-18-11/h1,3-4,7,11H,2,5-6,8H2,(H,15,16)/t11-/m1/s1. The maximum absolute atomic E-state index is 13.1. The van der Waals surface area contributed by atoms with Gasteiger partial charge in [0.05, 0.1) is 6.10 Å².